The van der Waals surface area contributed by atoms with Crippen LogP contribution in [0.25, 0.3) is 11.1 Å². The first-order valence-electron chi connectivity index (χ1n) is 4.77. The predicted molar refractivity (Wildman–Crippen MR) is 71.3 cm³/mol. The van der Waals surface area contributed by atoms with Gasteiger partial charge in [0.15, 0.2) is 0 Å². The highest BCUT2D eigenvalue weighted by Gasteiger charge is 2.10. The van der Waals surface area contributed by atoms with Crippen molar-refractivity contribution in [3.05, 3.63) is 45.5 Å². The lowest BCUT2D eigenvalue weighted by molar-refractivity contribution is 0.398. The summed E-state index contributed by atoms with van der Waals surface area (Å²) < 4.78 is 5.06. The summed E-state index contributed by atoms with van der Waals surface area (Å²) in [5.74, 6) is 0.384. The fraction of sp³-hybridized carbons (Fsp3) is 0.0833. The molecule has 0 amide bonds. The van der Waals surface area contributed by atoms with Crippen LogP contribution in [0.2, 0.25) is 15.1 Å². The normalized spacial score (nSPS) is 10.4. The summed E-state index contributed by atoms with van der Waals surface area (Å²) in [5.41, 5.74) is 1.67. The third-order valence-electron chi connectivity index (χ3n) is 2.28. The number of ether oxygens (including phenoxy) is 1. The Morgan fingerprint density at radius 3 is 2.47 bits per heavy atom. The van der Waals surface area contributed by atoms with E-state index in [0.29, 0.717) is 20.9 Å². The molecule has 0 unspecified atom stereocenters. The van der Waals surface area contributed by atoms with E-state index in [4.69, 9.17) is 39.5 Å². The van der Waals surface area contributed by atoms with Crippen LogP contribution in [0, 0.1) is 0 Å². The Bertz CT molecular complexity index is 557. The Morgan fingerprint density at radius 1 is 1.06 bits per heavy atom. The van der Waals surface area contributed by atoms with Crippen LogP contribution in [0.5, 0.6) is 5.88 Å². The third-order valence-corrected chi connectivity index (χ3v) is 3.39. The number of methoxy groups -OCH3 is 1. The van der Waals surface area contributed by atoms with E-state index in [2.05, 4.69) is 4.98 Å². The molecule has 0 spiro atoms. The van der Waals surface area contributed by atoms with Crippen molar-refractivity contribution in [3.63, 3.8) is 0 Å². The van der Waals surface area contributed by atoms with E-state index < -0.39 is 0 Å². The van der Waals surface area contributed by atoms with Crippen molar-refractivity contribution in [1.29, 1.82) is 0 Å². The van der Waals surface area contributed by atoms with Gasteiger partial charge in [0.1, 0.15) is 5.02 Å². The van der Waals surface area contributed by atoms with Crippen LogP contribution >= 0.6 is 34.8 Å². The number of nitrogens with zero attached hydrogens (tertiary/aromatic N) is 1. The summed E-state index contributed by atoms with van der Waals surface area (Å²) in [4.78, 5) is 4.01. The quantitative estimate of drug-likeness (QED) is 0.798. The molecule has 0 saturated heterocycles. The molecule has 0 aliphatic rings. The van der Waals surface area contributed by atoms with Gasteiger partial charge in [-0.05, 0) is 23.8 Å². The number of halogens is 3. The summed E-state index contributed by atoms with van der Waals surface area (Å²) in [6.07, 6.45) is 1.63. The van der Waals surface area contributed by atoms with Gasteiger partial charge >= 0.3 is 0 Å². The van der Waals surface area contributed by atoms with Crippen molar-refractivity contribution in [1.82, 2.24) is 4.98 Å². The number of pyridine rings is 1. The SMILES string of the molecule is COc1nccc(-c2ccc(Cl)c(Cl)c2)c1Cl. The first-order valence-corrected chi connectivity index (χ1v) is 5.91. The van der Waals surface area contributed by atoms with E-state index in [1.165, 1.54) is 7.11 Å². The van der Waals surface area contributed by atoms with Gasteiger partial charge in [0.05, 0.1) is 17.2 Å². The highest BCUT2D eigenvalue weighted by atomic mass is 35.5. The third kappa shape index (κ3) is 2.49. The van der Waals surface area contributed by atoms with Gasteiger partial charge in [-0.25, -0.2) is 4.98 Å². The van der Waals surface area contributed by atoms with Crippen molar-refractivity contribution in [3.8, 4) is 17.0 Å². The topological polar surface area (TPSA) is 22.1 Å². The molecule has 0 bridgehead atoms. The molecule has 1 aromatic heterocycles. The van der Waals surface area contributed by atoms with Crippen LogP contribution in [0.15, 0.2) is 30.5 Å². The van der Waals surface area contributed by atoms with Gasteiger partial charge in [0.25, 0.3) is 0 Å². The van der Waals surface area contributed by atoms with E-state index in [0.717, 1.165) is 11.1 Å². The number of benzene rings is 1. The van der Waals surface area contributed by atoms with E-state index in [9.17, 15) is 0 Å². The van der Waals surface area contributed by atoms with Crippen LogP contribution in [0.4, 0.5) is 0 Å². The Hall–Kier alpha value is -0.960. The Labute approximate surface area is 114 Å². The molecule has 0 aliphatic heterocycles. The second-order valence-electron chi connectivity index (χ2n) is 3.31. The molecule has 5 heteroatoms. The van der Waals surface area contributed by atoms with E-state index in [-0.39, 0.29) is 0 Å². The molecule has 0 saturated carbocycles. The minimum absolute atomic E-state index is 0.384. The highest BCUT2D eigenvalue weighted by Crippen LogP contribution is 2.35. The minimum Gasteiger partial charge on any atom is -0.480 e. The average molecular weight is 289 g/mol. The van der Waals surface area contributed by atoms with Crippen LogP contribution in [-0.2, 0) is 0 Å². The average Bonchev–Trinajstić information content (AvgIpc) is 2.33. The lowest BCUT2D eigenvalue weighted by Gasteiger charge is -2.08. The summed E-state index contributed by atoms with van der Waals surface area (Å²) in [6, 6.07) is 7.12. The molecule has 2 aromatic rings. The number of hydrogen-bond acceptors (Lipinski definition) is 2. The van der Waals surface area contributed by atoms with Gasteiger partial charge in [0, 0.05) is 11.8 Å². The van der Waals surface area contributed by atoms with Crippen LogP contribution < -0.4 is 4.74 Å². The summed E-state index contributed by atoms with van der Waals surface area (Å²) in [7, 11) is 1.52. The van der Waals surface area contributed by atoms with Gasteiger partial charge in [-0.3, -0.25) is 0 Å². The first kappa shape index (κ1) is 12.5. The molecule has 2 rings (SSSR count). The lowest BCUT2D eigenvalue weighted by Crippen LogP contribution is -1.90. The van der Waals surface area contributed by atoms with Gasteiger partial charge in [0.2, 0.25) is 5.88 Å². The molecular formula is C12H8Cl3NO. The monoisotopic (exact) mass is 287 g/mol. The molecule has 1 aromatic carbocycles. The predicted octanol–water partition coefficient (Wildman–Crippen LogP) is 4.72. The Morgan fingerprint density at radius 2 is 1.82 bits per heavy atom. The molecule has 0 aliphatic carbocycles. The fourth-order valence-corrected chi connectivity index (χ4v) is 2.05. The fourth-order valence-electron chi connectivity index (χ4n) is 1.45. The van der Waals surface area contributed by atoms with E-state index >= 15 is 0 Å². The molecule has 2 nitrogen and oxygen atoms in total. The molecule has 0 radical (unpaired) electrons. The molecule has 1 heterocycles. The van der Waals surface area contributed by atoms with E-state index in [1.54, 1.807) is 24.4 Å². The van der Waals surface area contributed by atoms with Crippen LogP contribution in [-0.4, -0.2) is 12.1 Å². The first-order chi connectivity index (χ1) is 8.13. The van der Waals surface area contributed by atoms with Gasteiger partial charge < -0.3 is 4.74 Å². The molecule has 88 valence electrons. The largest absolute Gasteiger partial charge is 0.480 e. The number of hydrogen-bond donors (Lipinski definition) is 0. The molecule has 0 fully saturated rings. The number of aromatic nitrogens is 1. The standard InChI is InChI=1S/C12H8Cl3NO/c1-17-12-11(15)8(4-5-16-12)7-2-3-9(13)10(14)6-7/h2-6H,1H3. The van der Waals surface area contributed by atoms with E-state index in [1.807, 2.05) is 6.07 Å². The van der Waals surface area contributed by atoms with Crippen LogP contribution in [0.3, 0.4) is 0 Å². The van der Waals surface area contributed by atoms with Crippen LogP contribution in [0.1, 0.15) is 0 Å². The summed E-state index contributed by atoms with van der Waals surface area (Å²) in [6.45, 7) is 0. The van der Waals surface area contributed by atoms with Gasteiger partial charge in [-0.1, -0.05) is 40.9 Å². The second kappa shape index (κ2) is 5.13. The minimum atomic E-state index is 0.384. The lowest BCUT2D eigenvalue weighted by atomic mass is 10.1. The zero-order valence-corrected chi connectivity index (χ0v) is 11.1. The van der Waals surface area contributed by atoms with Crippen molar-refractivity contribution in [2.45, 2.75) is 0 Å². The maximum Gasteiger partial charge on any atom is 0.232 e. The Balaban J connectivity index is 2.56. The summed E-state index contributed by atoms with van der Waals surface area (Å²) in [5, 5.41) is 1.44. The van der Waals surface area contributed by atoms with Crippen molar-refractivity contribution in [2.24, 2.45) is 0 Å². The van der Waals surface area contributed by atoms with Gasteiger partial charge in [-0.2, -0.15) is 0 Å². The van der Waals surface area contributed by atoms with Gasteiger partial charge in [-0.15, -0.1) is 0 Å². The second-order valence-corrected chi connectivity index (χ2v) is 4.50. The summed E-state index contributed by atoms with van der Waals surface area (Å²) >= 11 is 18.0. The molecule has 17 heavy (non-hydrogen) atoms. The molecule has 0 N–H and O–H groups in total. The zero-order valence-electron chi connectivity index (χ0n) is 8.88. The highest BCUT2D eigenvalue weighted by molar-refractivity contribution is 6.42. The smallest absolute Gasteiger partial charge is 0.232 e. The zero-order chi connectivity index (χ0) is 12.4. The van der Waals surface area contributed by atoms with Crippen molar-refractivity contribution < 1.29 is 4.74 Å². The van der Waals surface area contributed by atoms with Crippen molar-refractivity contribution in [2.75, 3.05) is 7.11 Å². The maximum atomic E-state index is 6.17. The molecule has 0 atom stereocenters. The Kier molecular flexibility index (Phi) is 3.77. The van der Waals surface area contributed by atoms with Crippen molar-refractivity contribution >= 4 is 34.8 Å². The molecular weight excluding hydrogens is 280 g/mol. The maximum absolute atomic E-state index is 6.17. The number of rotatable bonds is 2.